The molecule has 7 heteroatoms. The molecule has 0 aliphatic heterocycles. The minimum absolute atomic E-state index is 0.0697. The quantitative estimate of drug-likeness (QED) is 0.597. The van der Waals surface area contributed by atoms with Crippen LogP contribution in [0, 0.1) is 0 Å². The van der Waals surface area contributed by atoms with Crippen molar-refractivity contribution in [2.45, 2.75) is 18.2 Å². The third-order valence-corrected chi connectivity index (χ3v) is 2.94. The van der Waals surface area contributed by atoms with Crippen LogP contribution in [0.3, 0.4) is 0 Å². The molecule has 1 rings (SSSR count). The number of carbonyl (C=O) groups is 2. The number of rotatable bonds is 5. The third-order valence-electron chi connectivity index (χ3n) is 2.24. The fourth-order valence-corrected chi connectivity index (χ4v) is 1.90. The summed E-state index contributed by atoms with van der Waals surface area (Å²) in [5.41, 5.74) is -0.0526. The van der Waals surface area contributed by atoms with E-state index in [9.17, 15) is 18.4 Å². The molecule has 0 amide bonds. The maximum atomic E-state index is 11.6. The smallest absolute Gasteiger partial charge is 0.339 e. The van der Waals surface area contributed by atoms with Crippen LogP contribution in [0.5, 0.6) is 0 Å². The number of hydrogen-bond acceptors (Lipinski definition) is 6. The molecule has 1 unspecified atom stereocenters. The zero-order chi connectivity index (χ0) is 14.4. The normalized spacial score (nSPS) is 11.7. The van der Waals surface area contributed by atoms with Gasteiger partial charge in [0.1, 0.15) is 0 Å². The lowest BCUT2D eigenvalue weighted by atomic mass is 10.1. The van der Waals surface area contributed by atoms with Crippen LogP contribution in [0.25, 0.3) is 0 Å². The largest absolute Gasteiger partial charge is 0.768 e. The van der Waals surface area contributed by atoms with Crippen molar-refractivity contribution in [3.8, 4) is 0 Å². The third kappa shape index (κ3) is 3.87. The van der Waals surface area contributed by atoms with Crippen molar-refractivity contribution in [1.29, 1.82) is 0 Å². The van der Waals surface area contributed by atoms with Crippen molar-refractivity contribution < 1.29 is 27.8 Å². The average molecular weight is 285 g/mol. The fourth-order valence-electron chi connectivity index (χ4n) is 1.34. The van der Waals surface area contributed by atoms with E-state index in [4.69, 9.17) is 4.74 Å². The Bertz CT molecular complexity index is 511. The topological polar surface area (TPSA) is 92.7 Å². The summed E-state index contributed by atoms with van der Waals surface area (Å²) in [5, 5.41) is 0. The van der Waals surface area contributed by atoms with Crippen LogP contribution in [0.1, 0.15) is 34.1 Å². The van der Waals surface area contributed by atoms with Gasteiger partial charge in [0.15, 0.2) is 0 Å². The number of esters is 2. The molecule has 0 aliphatic carbocycles. The Morgan fingerprint density at radius 1 is 1.32 bits per heavy atom. The first-order chi connectivity index (χ1) is 9.01. The molecule has 0 heterocycles. The van der Waals surface area contributed by atoms with Crippen molar-refractivity contribution in [3.63, 3.8) is 0 Å². The summed E-state index contributed by atoms with van der Waals surface area (Å²) in [6.07, 6.45) is 0.659. The Hall–Kier alpha value is -1.73. The van der Waals surface area contributed by atoms with E-state index in [-0.39, 0.29) is 22.6 Å². The monoisotopic (exact) mass is 285 g/mol. The van der Waals surface area contributed by atoms with E-state index >= 15 is 0 Å². The summed E-state index contributed by atoms with van der Waals surface area (Å²) in [5.74, 6) is -1.42. The standard InChI is InChI=1S/C12H14O6S/c1-3-6-18-11(13)8-4-5-9(12(14)17-2)10(7-8)19(15)16/h4-5,7H,3,6H2,1-2H3,(H,15,16)/p-1. The predicted molar refractivity (Wildman–Crippen MR) is 65.5 cm³/mol. The molecule has 0 fully saturated rings. The molecule has 0 N–H and O–H groups in total. The Balaban J connectivity index is 3.12. The summed E-state index contributed by atoms with van der Waals surface area (Å²) in [7, 11) is 1.14. The van der Waals surface area contributed by atoms with Gasteiger partial charge in [-0.1, -0.05) is 6.92 Å². The molecule has 19 heavy (non-hydrogen) atoms. The van der Waals surface area contributed by atoms with Gasteiger partial charge in [0.05, 0.1) is 24.8 Å². The van der Waals surface area contributed by atoms with Crippen molar-refractivity contribution in [2.24, 2.45) is 0 Å². The maximum absolute atomic E-state index is 11.6. The van der Waals surface area contributed by atoms with Crippen LogP contribution in [-0.4, -0.2) is 34.4 Å². The highest BCUT2D eigenvalue weighted by Gasteiger charge is 2.16. The van der Waals surface area contributed by atoms with Gasteiger partial charge in [-0.05, 0) is 35.7 Å². The number of ether oxygens (including phenoxy) is 2. The van der Waals surface area contributed by atoms with E-state index in [1.54, 1.807) is 0 Å². The molecule has 1 aromatic rings. The Labute approximate surface area is 113 Å². The first-order valence-electron chi connectivity index (χ1n) is 5.50. The van der Waals surface area contributed by atoms with Gasteiger partial charge < -0.3 is 14.0 Å². The summed E-state index contributed by atoms with van der Waals surface area (Å²) < 4.78 is 31.5. The number of carbonyl (C=O) groups excluding carboxylic acids is 2. The van der Waals surface area contributed by atoms with E-state index in [1.165, 1.54) is 12.1 Å². The second-order valence-electron chi connectivity index (χ2n) is 3.57. The zero-order valence-electron chi connectivity index (χ0n) is 10.5. The van der Waals surface area contributed by atoms with Crippen LogP contribution >= 0.6 is 0 Å². The highest BCUT2D eigenvalue weighted by Crippen LogP contribution is 2.17. The van der Waals surface area contributed by atoms with Crippen molar-refractivity contribution in [3.05, 3.63) is 29.3 Å². The van der Waals surface area contributed by atoms with Crippen LogP contribution in [0.4, 0.5) is 0 Å². The van der Waals surface area contributed by atoms with Crippen LogP contribution in [0.2, 0.25) is 0 Å². The van der Waals surface area contributed by atoms with Gasteiger partial charge in [0.2, 0.25) is 0 Å². The maximum Gasteiger partial charge on any atom is 0.339 e. The molecule has 1 aromatic carbocycles. The van der Waals surface area contributed by atoms with Gasteiger partial charge in [-0.25, -0.2) is 9.59 Å². The first kappa shape index (κ1) is 15.3. The summed E-state index contributed by atoms with van der Waals surface area (Å²) in [4.78, 5) is 22.7. The van der Waals surface area contributed by atoms with E-state index in [1.807, 2.05) is 6.92 Å². The van der Waals surface area contributed by atoms with E-state index in [2.05, 4.69) is 4.74 Å². The summed E-state index contributed by atoms with van der Waals surface area (Å²) >= 11 is -2.65. The summed E-state index contributed by atoms with van der Waals surface area (Å²) in [6.45, 7) is 2.08. The number of benzene rings is 1. The lowest BCUT2D eigenvalue weighted by Gasteiger charge is -2.12. The molecule has 0 bridgehead atoms. The predicted octanol–water partition coefficient (Wildman–Crippen LogP) is 1.28. The Morgan fingerprint density at radius 3 is 2.53 bits per heavy atom. The van der Waals surface area contributed by atoms with Gasteiger partial charge in [-0.2, -0.15) is 0 Å². The van der Waals surface area contributed by atoms with Crippen molar-refractivity contribution >= 4 is 23.0 Å². The van der Waals surface area contributed by atoms with E-state index < -0.39 is 23.0 Å². The van der Waals surface area contributed by atoms with Crippen molar-refractivity contribution in [2.75, 3.05) is 13.7 Å². The number of methoxy groups -OCH3 is 1. The van der Waals surface area contributed by atoms with Gasteiger partial charge in [0, 0.05) is 4.90 Å². The Morgan fingerprint density at radius 2 is 2.00 bits per heavy atom. The molecular formula is C12H13O6S-. The minimum atomic E-state index is -2.65. The molecular weight excluding hydrogens is 272 g/mol. The van der Waals surface area contributed by atoms with Crippen molar-refractivity contribution in [1.82, 2.24) is 0 Å². The van der Waals surface area contributed by atoms with E-state index in [0.29, 0.717) is 6.42 Å². The first-order valence-corrected chi connectivity index (χ1v) is 6.57. The second-order valence-corrected chi connectivity index (χ2v) is 4.48. The highest BCUT2D eigenvalue weighted by molar-refractivity contribution is 7.79. The fraction of sp³-hybridized carbons (Fsp3) is 0.333. The van der Waals surface area contributed by atoms with Gasteiger partial charge in [-0.3, -0.25) is 4.21 Å². The molecule has 0 aromatic heterocycles. The molecule has 0 radical (unpaired) electrons. The molecule has 0 aliphatic rings. The second kappa shape index (κ2) is 7.01. The van der Waals surface area contributed by atoms with Gasteiger partial charge >= 0.3 is 11.9 Å². The molecule has 0 saturated heterocycles. The van der Waals surface area contributed by atoms with E-state index in [0.717, 1.165) is 13.2 Å². The molecule has 6 nitrogen and oxygen atoms in total. The zero-order valence-corrected chi connectivity index (χ0v) is 11.3. The molecule has 0 spiro atoms. The lowest BCUT2D eigenvalue weighted by Crippen LogP contribution is -2.11. The SMILES string of the molecule is CCCOC(=O)c1ccc(C(=O)OC)c(S(=O)[O-])c1. The highest BCUT2D eigenvalue weighted by atomic mass is 32.2. The van der Waals surface area contributed by atoms with Crippen LogP contribution in [0.15, 0.2) is 23.1 Å². The molecule has 1 atom stereocenters. The molecule has 104 valence electrons. The average Bonchev–Trinajstić information content (AvgIpc) is 2.43. The summed E-state index contributed by atoms with van der Waals surface area (Å²) in [6, 6.07) is 3.63. The van der Waals surface area contributed by atoms with Crippen LogP contribution < -0.4 is 0 Å². The minimum Gasteiger partial charge on any atom is -0.768 e. The number of hydrogen-bond donors (Lipinski definition) is 0. The van der Waals surface area contributed by atoms with Crippen LogP contribution in [-0.2, 0) is 20.6 Å². The molecule has 0 saturated carbocycles. The van der Waals surface area contributed by atoms with Gasteiger partial charge in [0.25, 0.3) is 0 Å². The van der Waals surface area contributed by atoms with Gasteiger partial charge in [-0.15, -0.1) is 0 Å². The lowest BCUT2D eigenvalue weighted by molar-refractivity contribution is 0.0502. The Kier molecular flexibility index (Phi) is 5.65.